The van der Waals surface area contributed by atoms with Crippen LogP contribution >= 0.6 is 15.9 Å². The Kier molecular flexibility index (Phi) is 4.61. The maximum Gasteiger partial charge on any atom is 0.221 e. The number of aromatic nitrogens is 2. The Morgan fingerprint density at radius 3 is 3.00 bits per heavy atom. The van der Waals surface area contributed by atoms with Gasteiger partial charge in [0.2, 0.25) is 5.95 Å². The monoisotopic (exact) mass is 260 g/mol. The van der Waals surface area contributed by atoms with Gasteiger partial charge in [-0.05, 0) is 28.8 Å². The van der Waals surface area contributed by atoms with Gasteiger partial charge in [-0.1, -0.05) is 0 Å². The molecule has 1 rings (SSSR count). The summed E-state index contributed by atoms with van der Waals surface area (Å²) < 4.78 is 0.788. The molecule has 0 radical (unpaired) electrons. The van der Waals surface area contributed by atoms with Crippen molar-refractivity contribution in [2.45, 2.75) is 12.8 Å². The molecule has 0 saturated heterocycles. The molecular formula is C8H13BrN4O. The minimum atomic E-state index is 0.217. The molecule has 0 saturated carbocycles. The Morgan fingerprint density at radius 1 is 1.50 bits per heavy atom. The molecule has 0 spiro atoms. The smallest absolute Gasteiger partial charge is 0.221 e. The maximum atomic E-state index is 8.58. The molecule has 0 bridgehead atoms. The van der Waals surface area contributed by atoms with Crippen LogP contribution in [0.5, 0.6) is 0 Å². The average molecular weight is 261 g/mol. The van der Waals surface area contributed by atoms with Crippen molar-refractivity contribution in [3.63, 3.8) is 0 Å². The van der Waals surface area contributed by atoms with Crippen LogP contribution < -0.4 is 11.1 Å². The minimum absolute atomic E-state index is 0.217. The van der Waals surface area contributed by atoms with E-state index in [-0.39, 0.29) is 12.6 Å². The van der Waals surface area contributed by atoms with Crippen LogP contribution in [0.2, 0.25) is 0 Å². The third-order valence-corrected chi connectivity index (χ3v) is 2.22. The molecule has 6 heteroatoms. The molecule has 0 unspecified atom stereocenters. The van der Waals surface area contributed by atoms with E-state index in [4.69, 9.17) is 10.8 Å². The fourth-order valence-electron chi connectivity index (χ4n) is 0.948. The van der Waals surface area contributed by atoms with E-state index in [1.807, 2.05) is 0 Å². The molecule has 1 heterocycles. The molecule has 1 aromatic heterocycles. The SMILES string of the molecule is Nc1ncc(Br)c(NCCCCO)n1. The zero-order chi connectivity index (χ0) is 10.4. The normalized spacial score (nSPS) is 10.1. The van der Waals surface area contributed by atoms with Crippen molar-refractivity contribution in [2.24, 2.45) is 0 Å². The van der Waals surface area contributed by atoms with Crippen LogP contribution in [0.15, 0.2) is 10.7 Å². The molecule has 0 aliphatic carbocycles. The first-order chi connectivity index (χ1) is 6.74. The van der Waals surface area contributed by atoms with E-state index in [2.05, 4.69) is 31.2 Å². The minimum Gasteiger partial charge on any atom is -0.396 e. The Morgan fingerprint density at radius 2 is 2.29 bits per heavy atom. The quantitative estimate of drug-likeness (QED) is 0.689. The number of unbranched alkanes of at least 4 members (excludes halogenated alkanes) is 1. The molecular weight excluding hydrogens is 248 g/mol. The van der Waals surface area contributed by atoms with Crippen molar-refractivity contribution >= 4 is 27.7 Å². The first-order valence-electron chi connectivity index (χ1n) is 4.37. The summed E-state index contributed by atoms with van der Waals surface area (Å²) in [6.45, 7) is 0.977. The van der Waals surface area contributed by atoms with Gasteiger partial charge in [0.25, 0.3) is 0 Å². The molecule has 1 aromatic rings. The predicted octanol–water partition coefficient (Wildman–Crippen LogP) is 1.01. The summed E-state index contributed by atoms with van der Waals surface area (Å²) in [6.07, 6.45) is 3.29. The first kappa shape index (κ1) is 11.2. The number of aliphatic hydroxyl groups is 1. The van der Waals surface area contributed by atoms with Crippen molar-refractivity contribution in [3.05, 3.63) is 10.7 Å². The summed E-state index contributed by atoms with van der Waals surface area (Å²) in [5.41, 5.74) is 5.43. The molecule has 0 atom stereocenters. The van der Waals surface area contributed by atoms with Crippen LogP contribution in [0.4, 0.5) is 11.8 Å². The largest absolute Gasteiger partial charge is 0.396 e. The fraction of sp³-hybridized carbons (Fsp3) is 0.500. The van der Waals surface area contributed by atoms with Crippen molar-refractivity contribution in [3.8, 4) is 0 Å². The Bertz CT molecular complexity index is 295. The summed E-state index contributed by atoms with van der Waals surface area (Å²) >= 11 is 3.31. The van der Waals surface area contributed by atoms with Crippen LogP contribution in [0.3, 0.4) is 0 Å². The van der Waals surface area contributed by atoms with Gasteiger partial charge in [0.15, 0.2) is 0 Å². The second-order valence-corrected chi connectivity index (χ2v) is 3.64. The van der Waals surface area contributed by atoms with Crippen molar-refractivity contribution in [1.29, 1.82) is 0 Å². The number of nitrogens with one attached hydrogen (secondary N) is 1. The van der Waals surface area contributed by atoms with Gasteiger partial charge in [0.1, 0.15) is 5.82 Å². The number of aliphatic hydroxyl groups excluding tert-OH is 1. The molecule has 14 heavy (non-hydrogen) atoms. The second-order valence-electron chi connectivity index (χ2n) is 2.78. The van der Waals surface area contributed by atoms with E-state index in [0.717, 1.165) is 23.9 Å². The zero-order valence-electron chi connectivity index (χ0n) is 7.70. The van der Waals surface area contributed by atoms with Crippen LogP contribution in [0, 0.1) is 0 Å². The summed E-state index contributed by atoms with van der Waals surface area (Å²) in [7, 11) is 0. The predicted molar refractivity (Wildman–Crippen MR) is 59.0 cm³/mol. The topological polar surface area (TPSA) is 84.1 Å². The third kappa shape index (κ3) is 3.47. The molecule has 0 aromatic carbocycles. The summed E-state index contributed by atoms with van der Waals surface area (Å²) in [5, 5.41) is 11.7. The van der Waals surface area contributed by atoms with E-state index in [1.165, 1.54) is 0 Å². The van der Waals surface area contributed by atoms with Gasteiger partial charge in [0.05, 0.1) is 4.47 Å². The van der Waals surface area contributed by atoms with Gasteiger partial charge >= 0.3 is 0 Å². The van der Waals surface area contributed by atoms with E-state index < -0.39 is 0 Å². The molecule has 0 amide bonds. The van der Waals surface area contributed by atoms with Crippen LogP contribution in [0.1, 0.15) is 12.8 Å². The summed E-state index contributed by atoms with van der Waals surface area (Å²) in [6, 6.07) is 0. The summed E-state index contributed by atoms with van der Waals surface area (Å²) in [4.78, 5) is 7.84. The molecule has 0 fully saturated rings. The first-order valence-corrected chi connectivity index (χ1v) is 5.16. The average Bonchev–Trinajstić information content (AvgIpc) is 2.18. The number of nitrogen functional groups attached to an aromatic ring is 1. The lowest BCUT2D eigenvalue weighted by atomic mass is 10.3. The van der Waals surface area contributed by atoms with Crippen LogP contribution in [0.25, 0.3) is 0 Å². The number of anilines is 2. The number of nitrogens with two attached hydrogens (primary N) is 1. The Balaban J connectivity index is 2.45. The van der Waals surface area contributed by atoms with E-state index in [0.29, 0.717) is 5.82 Å². The number of rotatable bonds is 5. The van der Waals surface area contributed by atoms with Gasteiger partial charge in [-0.2, -0.15) is 4.98 Å². The molecule has 78 valence electrons. The third-order valence-electron chi connectivity index (χ3n) is 1.64. The molecule has 4 N–H and O–H groups in total. The number of hydrogen-bond acceptors (Lipinski definition) is 5. The van der Waals surface area contributed by atoms with Gasteiger partial charge < -0.3 is 16.2 Å². The van der Waals surface area contributed by atoms with Crippen molar-refractivity contribution in [1.82, 2.24) is 9.97 Å². The summed E-state index contributed by atoms with van der Waals surface area (Å²) in [5.74, 6) is 0.938. The molecule has 0 aliphatic heterocycles. The number of hydrogen-bond donors (Lipinski definition) is 3. The highest BCUT2D eigenvalue weighted by molar-refractivity contribution is 9.10. The van der Waals surface area contributed by atoms with E-state index >= 15 is 0 Å². The van der Waals surface area contributed by atoms with E-state index in [1.54, 1.807) is 6.20 Å². The second kappa shape index (κ2) is 5.77. The molecule has 0 aliphatic rings. The van der Waals surface area contributed by atoms with E-state index in [9.17, 15) is 0 Å². The van der Waals surface area contributed by atoms with Crippen molar-refractivity contribution < 1.29 is 5.11 Å². The number of nitrogens with zero attached hydrogens (tertiary/aromatic N) is 2. The van der Waals surface area contributed by atoms with Crippen LogP contribution in [-0.2, 0) is 0 Å². The van der Waals surface area contributed by atoms with Crippen LogP contribution in [-0.4, -0.2) is 28.2 Å². The van der Waals surface area contributed by atoms with Gasteiger partial charge in [-0.3, -0.25) is 0 Å². The van der Waals surface area contributed by atoms with Gasteiger partial charge in [0, 0.05) is 19.3 Å². The van der Waals surface area contributed by atoms with Gasteiger partial charge in [-0.25, -0.2) is 4.98 Å². The van der Waals surface area contributed by atoms with Gasteiger partial charge in [-0.15, -0.1) is 0 Å². The zero-order valence-corrected chi connectivity index (χ0v) is 9.29. The number of halogens is 1. The fourth-order valence-corrected chi connectivity index (χ4v) is 1.28. The van der Waals surface area contributed by atoms with Crippen molar-refractivity contribution in [2.75, 3.05) is 24.2 Å². The molecule has 5 nitrogen and oxygen atoms in total. The maximum absolute atomic E-state index is 8.58. The lowest BCUT2D eigenvalue weighted by Gasteiger charge is -2.06. The lowest BCUT2D eigenvalue weighted by molar-refractivity contribution is 0.286. The lowest BCUT2D eigenvalue weighted by Crippen LogP contribution is -2.06. The standard InChI is InChI=1S/C8H13BrN4O/c9-6-5-12-8(10)13-7(6)11-3-1-2-4-14/h5,14H,1-4H2,(H3,10,11,12,13). The highest BCUT2D eigenvalue weighted by Crippen LogP contribution is 2.18. The Hall–Kier alpha value is -0.880. The highest BCUT2D eigenvalue weighted by atomic mass is 79.9. The highest BCUT2D eigenvalue weighted by Gasteiger charge is 2.01. The Labute approximate surface area is 90.9 Å².